The number of nitrogens with zero attached hydrogens (tertiary/aromatic N) is 4. The average molecular weight is 399 g/mol. The van der Waals surface area contributed by atoms with Gasteiger partial charge in [-0.15, -0.1) is 0 Å². The largest absolute Gasteiger partial charge is 0.337 e. The SMILES string of the molecule is CCn1ncc(CN(C)C(=O)c2cc(-c3ccccc3C)nc3ccccc23)c1C. The van der Waals surface area contributed by atoms with Gasteiger partial charge in [-0.2, -0.15) is 5.10 Å². The van der Waals surface area contributed by atoms with E-state index in [1.807, 2.05) is 73.4 Å². The van der Waals surface area contributed by atoms with Gasteiger partial charge in [0, 0.05) is 42.3 Å². The molecule has 30 heavy (non-hydrogen) atoms. The third-order valence-electron chi connectivity index (χ3n) is 5.63. The van der Waals surface area contributed by atoms with E-state index in [4.69, 9.17) is 4.98 Å². The number of carbonyl (C=O) groups is 1. The van der Waals surface area contributed by atoms with Crippen molar-refractivity contribution in [2.75, 3.05) is 7.05 Å². The van der Waals surface area contributed by atoms with Crippen LogP contribution >= 0.6 is 0 Å². The van der Waals surface area contributed by atoms with Crippen LogP contribution in [0, 0.1) is 13.8 Å². The predicted octanol–water partition coefficient (Wildman–Crippen LogP) is 5.01. The second kappa shape index (κ2) is 8.11. The van der Waals surface area contributed by atoms with E-state index in [1.54, 1.807) is 4.90 Å². The molecule has 1 amide bonds. The molecule has 0 N–H and O–H groups in total. The molecule has 0 bridgehead atoms. The monoisotopic (exact) mass is 398 g/mol. The number of aromatic nitrogens is 3. The number of rotatable bonds is 5. The van der Waals surface area contributed by atoms with Crippen LogP contribution in [0.3, 0.4) is 0 Å². The van der Waals surface area contributed by atoms with Gasteiger partial charge in [-0.05, 0) is 38.5 Å². The lowest BCUT2D eigenvalue weighted by Gasteiger charge is -2.19. The standard InChI is InChI=1S/C25H26N4O/c1-5-29-18(3)19(15-26-29)16-28(4)25(30)22-14-24(20-11-7-6-10-17(20)2)27-23-13-9-8-12-21(22)23/h6-15H,5,16H2,1-4H3. The first-order valence-electron chi connectivity index (χ1n) is 10.2. The predicted molar refractivity (Wildman–Crippen MR) is 120 cm³/mol. The highest BCUT2D eigenvalue weighted by molar-refractivity contribution is 6.07. The Hall–Kier alpha value is -3.47. The second-order valence-electron chi connectivity index (χ2n) is 7.62. The van der Waals surface area contributed by atoms with Gasteiger partial charge in [0.05, 0.1) is 23.0 Å². The molecule has 0 saturated heterocycles. The van der Waals surface area contributed by atoms with Crippen molar-refractivity contribution in [3.63, 3.8) is 0 Å². The number of pyridine rings is 1. The number of hydrogen-bond acceptors (Lipinski definition) is 3. The first-order valence-corrected chi connectivity index (χ1v) is 10.2. The van der Waals surface area contributed by atoms with Crippen molar-refractivity contribution < 1.29 is 4.79 Å². The van der Waals surface area contributed by atoms with Gasteiger partial charge in [-0.1, -0.05) is 42.5 Å². The number of fused-ring (bicyclic) bond motifs is 1. The fourth-order valence-corrected chi connectivity index (χ4v) is 3.84. The molecule has 2 aromatic heterocycles. The fourth-order valence-electron chi connectivity index (χ4n) is 3.84. The minimum absolute atomic E-state index is 0.0212. The third-order valence-corrected chi connectivity index (χ3v) is 5.63. The summed E-state index contributed by atoms with van der Waals surface area (Å²) in [5.41, 5.74) is 6.64. The highest BCUT2D eigenvalue weighted by Gasteiger charge is 2.19. The molecule has 0 aliphatic rings. The molecule has 2 aromatic carbocycles. The van der Waals surface area contributed by atoms with E-state index < -0.39 is 0 Å². The Morgan fingerprint density at radius 2 is 1.80 bits per heavy atom. The minimum Gasteiger partial charge on any atom is -0.337 e. The Morgan fingerprint density at radius 3 is 2.53 bits per heavy atom. The Balaban J connectivity index is 1.76. The summed E-state index contributed by atoms with van der Waals surface area (Å²) in [6.45, 7) is 7.50. The van der Waals surface area contributed by atoms with Crippen LogP contribution in [-0.4, -0.2) is 32.6 Å². The van der Waals surface area contributed by atoms with Crippen molar-refractivity contribution >= 4 is 16.8 Å². The van der Waals surface area contributed by atoms with Crippen molar-refractivity contribution in [2.24, 2.45) is 0 Å². The minimum atomic E-state index is -0.0212. The molecule has 0 aliphatic carbocycles. The smallest absolute Gasteiger partial charge is 0.254 e. The van der Waals surface area contributed by atoms with Crippen LogP contribution in [0.1, 0.15) is 34.1 Å². The summed E-state index contributed by atoms with van der Waals surface area (Å²) in [7, 11) is 1.84. The van der Waals surface area contributed by atoms with Crippen LogP contribution in [0.25, 0.3) is 22.2 Å². The summed E-state index contributed by atoms with van der Waals surface area (Å²) in [4.78, 5) is 20.1. The number of amides is 1. The Morgan fingerprint density at radius 1 is 1.07 bits per heavy atom. The lowest BCUT2D eigenvalue weighted by atomic mass is 10.0. The average Bonchev–Trinajstić information content (AvgIpc) is 3.12. The van der Waals surface area contributed by atoms with E-state index in [0.717, 1.165) is 45.5 Å². The zero-order valence-corrected chi connectivity index (χ0v) is 17.9. The number of carbonyl (C=O) groups excluding carboxylic acids is 1. The van der Waals surface area contributed by atoms with Gasteiger partial charge in [0.15, 0.2) is 0 Å². The molecule has 5 nitrogen and oxygen atoms in total. The van der Waals surface area contributed by atoms with E-state index in [2.05, 4.69) is 25.0 Å². The third kappa shape index (κ3) is 3.59. The molecule has 2 heterocycles. The van der Waals surface area contributed by atoms with E-state index in [0.29, 0.717) is 12.1 Å². The lowest BCUT2D eigenvalue weighted by molar-refractivity contribution is 0.0787. The molecule has 0 atom stereocenters. The van der Waals surface area contributed by atoms with Gasteiger partial charge < -0.3 is 4.90 Å². The molecule has 0 saturated carbocycles. The first kappa shape index (κ1) is 19.8. The maximum atomic E-state index is 13.5. The molecule has 152 valence electrons. The normalized spacial score (nSPS) is 11.1. The summed E-state index contributed by atoms with van der Waals surface area (Å²) >= 11 is 0. The van der Waals surface area contributed by atoms with Crippen molar-refractivity contribution in [1.29, 1.82) is 0 Å². The van der Waals surface area contributed by atoms with Gasteiger partial charge in [0.1, 0.15) is 0 Å². The maximum absolute atomic E-state index is 13.5. The zero-order chi connectivity index (χ0) is 21.3. The van der Waals surface area contributed by atoms with E-state index in [9.17, 15) is 4.79 Å². The van der Waals surface area contributed by atoms with Crippen LogP contribution < -0.4 is 0 Å². The van der Waals surface area contributed by atoms with Crippen LogP contribution in [0.2, 0.25) is 0 Å². The van der Waals surface area contributed by atoms with Gasteiger partial charge in [-0.25, -0.2) is 4.98 Å². The van der Waals surface area contributed by atoms with Crippen LogP contribution in [0.5, 0.6) is 0 Å². The van der Waals surface area contributed by atoms with E-state index >= 15 is 0 Å². The first-order chi connectivity index (χ1) is 14.5. The lowest BCUT2D eigenvalue weighted by Crippen LogP contribution is -2.26. The van der Waals surface area contributed by atoms with E-state index in [-0.39, 0.29) is 5.91 Å². The van der Waals surface area contributed by atoms with Crippen LogP contribution in [0.4, 0.5) is 0 Å². The highest BCUT2D eigenvalue weighted by Crippen LogP contribution is 2.28. The van der Waals surface area contributed by atoms with Crippen molar-refractivity contribution in [2.45, 2.75) is 33.9 Å². The second-order valence-corrected chi connectivity index (χ2v) is 7.62. The van der Waals surface area contributed by atoms with Gasteiger partial charge in [0.25, 0.3) is 5.91 Å². The van der Waals surface area contributed by atoms with Gasteiger partial charge >= 0.3 is 0 Å². The highest BCUT2D eigenvalue weighted by atomic mass is 16.2. The molecular weight excluding hydrogens is 372 g/mol. The van der Waals surface area contributed by atoms with Crippen LogP contribution in [0.15, 0.2) is 60.8 Å². The summed E-state index contributed by atoms with van der Waals surface area (Å²) in [6, 6.07) is 17.9. The number of hydrogen-bond donors (Lipinski definition) is 0. The Bertz CT molecular complexity index is 1230. The van der Waals surface area contributed by atoms with Crippen molar-refractivity contribution in [3.8, 4) is 11.3 Å². The quantitative estimate of drug-likeness (QED) is 0.475. The molecule has 5 heteroatoms. The number of para-hydroxylation sites is 1. The summed E-state index contributed by atoms with van der Waals surface area (Å²) in [6.07, 6.45) is 1.85. The molecule has 4 aromatic rings. The summed E-state index contributed by atoms with van der Waals surface area (Å²) < 4.78 is 1.95. The molecule has 4 rings (SSSR count). The Kier molecular flexibility index (Phi) is 5.36. The summed E-state index contributed by atoms with van der Waals surface area (Å²) in [5.74, 6) is -0.0212. The van der Waals surface area contributed by atoms with Gasteiger partial charge in [0.2, 0.25) is 0 Å². The topological polar surface area (TPSA) is 51.0 Å². The maximum Gasteiger partial charge on any atom is 0.254 e. The summed E-state index contributed by atoms with van der Waals surface area (Å²) in [5, 5.41) is 5.27. The molecule has 0 radical (unpaired) electrons. The molecular formula is C25H26N4O. The molecule has 0 spiro atoms. The number of benzene rings is 2. The molecule has 0 unspecified atom stereocenters. The van der Waals surface area contributed by atoms with Crippen LogP contribution in [-0.2, 0) is 13.1 Å². The van der Waals surface area contributed by atoms with Crippen molar-refractivity contribution in [3.05, 3.63) is 83.2 Å². The van der Waals surface area contributed by atoms with Crippen molar-refractivity contribution in [1.82, 2.24) is 19.7 Å². The fraction of sp³-hybridized carbons (Fsp3) is 0.240. The van der Waals surface area contributed by atoms with E-state index in [1.165, 1.54) is 0 Å². The number of aryl methyl sites for hydroxylation is 2. The zero-order valence-electron chi connectivity index (χ0n) is 17.9. The Labute approximate surface area is 177 Å². The molecule has 0 aliphatic heterocycles. The van der Waals surface area contributed by atoms with Gasteiger partial charge in [-0.3, -0.25) is 9.48 Å². The molecule has 0 fully saturated rings.